The fraction of sp³-hybridized carbons (Fsp3) is 0.0182. The van der Waals surface area contributed by atoms with Crippen molar-refractivity contribution in [3.8, 4) is 22.3 Å². The number of furan rings is 2. The molecule has 3 heteroatoms. The second kappa shape index (κ2) is 12.7. The van der Waals surface area contributed by atoms with Gasteiger partial charge in [0.05, 0.1) is 11.1 Å². The van der Waals surface area contributed by atoms with Crippen LogP contribution in [0.1, 0.15) is 22.3 Å². The molecule has 2 aromatic heterocycles. The van der Waals surface area contributed by atoms with Gasteiger partial charge >= 0.3 is 0 Å². The Labute approximate surface area is 335 Å². The molecular weight excluding hydrogens is 707 g/mol. The molecule has 0 aliphatic heterocycles. The summed E-state index contributed by atoms with van der Waals surface area (Å²) in [4.78, 5) is 2.43. The number of fused-ring (bicyclic) bond motifs is 9. The Kier molecular flexibility index (Phi) is 7.14. The van der Waals surface area contributed by atoms with E-state index < -0.39 is 5.41 Å². The summed E-state index contributed by atoms with van der Waals surface area (Å²) < 4.78 is 12.6. The molecule has 0 radical (unpaired) electrons. The van der Waals surface area contributed by atoms with Crippen molar-refractivity contribution in [2.24, 2.45) is 0 Å². The Balaban J connectivity index is 1.09. The lowest BCUT2D eigenvalue weighted by atomic mass is 9.68. The molecule has 3 nitrogen and oxygen atoms in total. The summed E-state index contributed by atoms with van der Waals surface area (Å²) in [6, 6.07) is 76.4. The SMILES string of the molecule is c1ccc(C2(c3ccccc3)c3ccccc3-c3c(N(c4ccc(-c5ccc6c(c5)oc5ccccc56)cc4)c4ccc5oc6ccccc6c5c4)cccc32)cc1. The molecule has 1 aliphatic carbocycles. The smallest absolute Gasteiger partial charge is 0.136 e. The van der Waals surface area contributed by atoms with Gasteiger partial charge in [0, 0.05) is 38.5 Å². The molecule has 0 atom stereocenters. The van der Waals surface area contributed by atoms with E-state index in [1.54, 1.807) is 0 Å². The van der Waals surface area contributed by atoms with Crippen LogP contribution in [-0.2, 0) is 5.41 Å². The van der Waals surface area contributed by atoms with Gasteiger partial charge < -0.3 is 13.7 Å². The highest BCUT2D eigenvalue weighted by Gasteiger charge is 2.47. The first kappa shape index (κ1) is 32.6. The van der Waals surface area contributed by atoms with E-state index in [9.17, 15) is 0 Å². The summed E-state index contributed by atoms with van der Waals surface area (Å²) in [5.74, 6) is 0. The largest absolute Gasteiger partial charge is 0.456 e. The molecule has 0 spiro atoms. The van der Waals surface area contributed by atoms with E-state index in [1.165, 1.54) is 33.4 Å². The first-order valence-electron chi connectivity index (χ1n) is 19.8. The second-order valence-corrected chi connectivity index (χ2v) is 15.2. The van der Waals surface area contributed by atoms with Crippen molar-refractivity contribution in [3.05, 3.63) is 235 Å². The highest BCUT2D eigenvalue weighted by molar-refractivity contribution is 6.08. The predicted octanol–water partition coefficient (Wildman–Crippen LogP) is 15.0. The minimum Gasteiger partial charge on any atom is -0.456 e. The van der Waals surface area contributed by atoms with Gasteiger partial charge in [-0.25, -0.2) is 0 Å². The zero-order chi connectivity index (χ0) is 38.2. The number of benzene rings is 9. The highest BCUT2D eigenvalue weighted by Crippen LogP contribution is 2.59. The van der Waals surface area contributed by atoms with Crippen molar-refractivity contribution in [1.82, 2.24) is 0 Å². The van der Waals surface area contributed by atoms with E-state index in [0.29, 0.717) is 0 Å². The first-order chi connectivity index (χ1) is 28.8. The lowest BCUT2D eigenvalue weighted by Gasteiger charge is -2.34. The number of hydrogen-bond acceptors (Lipinski definition) is 3. The van der Waals surface area contributed by atoms with Gasteiger partial charge in [-0.1, -0.05) is 152 Å². The molecule has 2 heterocycles. The van der Waals surface area contributed by atoms with Crippen LogP contribution in [0.15, 0.2) is 221 Å². The van der Waals surface area contributed by atoms with E-state index >= 15 is 0 Å². The van der Waals surface area contributed by atoms with Crippen molar-refractivity contribution < 1.29 is 8.83 Å². The molecule has 0 saturated heterocycles. The maximum atomic E-state index is 6.33. The average Bonchev–Trinajstić information content (AvgIpc) is 3.95. The third-order valence-electron chi connectivity index (χ3n) is 12.2. The molecule has 11 aromatic rings. The van der Waals surface area contributed by atoms with Crippen LogP contribution in [0.3, 0.4) is 0 Å². The van der Waals surface area contributed by atoms with Crippen LogP contribution in [0, 0.1) is 0 Å². The molecule has 58 heavy (non-hydrogen) atoms. The van der Waals surface area contributed by atoms with E-state index in [4.69, 9.17) is 8.83 Å². The monoisotopic (exact) mass is 741 g/mol. The van der Waals surface area contributed by atoms with Crippen molar-refractivity contribution in [2.45, 2.75) is 5.41 Å². The second-order valence-electron chi connectivity index (χ2n) is 15.2. The topological polar surface area (TPSA) is 29.5 Å². The van der Waals surface area contributed by atoms with E-state index in [2.05, 4.69) is 193 Å². The van der Waals surface area contributed by atoms with Gasteiger partial charge in [-0.3, -0.25) is 0 Å². The summed E-state index contributed by atoms with van der Waals surface area (Å²) >= 11 is 0. The van der Waals surface area contributed by atoms with E-state index in [1.807, 2.05) is 24.3 Å². The Morgan fingerprint density at radius 1 is 0.345 bits per heavy atom. The zero-order valence-electron chi connectivity index (χ0n) is 31.5. The maximum Gasteiger partial charge on any atom is 0.136 e. The third kappa shape index (κ3) is 4.74. The predicted molar refractivity (Wildman–Crippen MR) is 238 cm³/mol. The molecule has 272 valence electrons. The van der Waals surface area contributed by atoms with Gasteiger partial charge in [0.1, 0.15) is 22.3 Å². The standard InChI is InChI=1S/C55H35NO2/c1-3-14-38(15-4-1)55(39-16-5-2-6-17-39)47-21-10-7-20-45(47)54-48(55)22-13-23-49(54)56(41-31-33-52-46(35-41)43-19-9-12-25-51(43)57-52)40-29-26-36(27-30-40)37-28-32-44-42-18-8-11-24-50(42)58-53(44)34-37/h1-35H. The van der Waals surface area contributed by atoms with Crippen LogP contribution in [0.25, 0.3) is 66.1 Å². The van der Waals surface area contributed by atoms with Crippen molar-refractivity contribution in [3.63, 3.8) is 0 Å². The van der Waals surface area contributed by atoms with Gasteiger partial charge in [0.15, 0.2) is 0 Å². The first-order valence-corrected chi connectivity index (χ1v) is 19.8. The summed E-state index contributed by atoms with van der Waals surface area (Å²) in [7, 11) is 0. The molecule has 0 amide bonds. The summed E-state index contributed by atoms with van der Waals surface area (Å²) in [6.45, 7) is 0. The quantitative estimate of drug-likeness (QED) is 0.170. The molecule has 0 bridgehead atoms. The summed E-state index contributed by atoms with van der Waals surface area (Å²) in [5, 5.41) is 4.46. The molecule has 9 aromatic carbocycles. The van der Waals surface area contributed by atoms with Crippen molar-refractivity contribution in [1.29, 1.82) is 0 Å². The number of anilines is 3. The fourth-order valence-electron chi connectivity index (χ4n) is 9.65. The molecule has 0 saturated carbocycles. The third-order valence-corrected chi connectivity index (χ3v) is 12.2. The van der Waals surface area contributed by atoms with Gasteiger partial charge in [0.25, 0.3) is 0 Å². The van der Waals surface area contributed by atoms with Gasteiger partial charge in [-0.05, 0) is 99.6 Å². The average molecular weight is 742 g/mol. The molecular formula is C55H35NO2. The Bertz CT molecular complexity index is 3300. The van der Waals surface area contributed by atoms with Crippen LogP contribution in [0.5, 0.6) is 0 Å². The van der Waals surface area contributed by atoms with Crippen LogP contribution >= 0.6 is 0 Å². The summed E-state index contributed by atoms with van der Waals surface area (Å²) in [5.41, 5.74) is 16.0. The van der Waals surface area contributed by atoms with E-state index in [0.717, 1.165) is 72.1 Å². The fourth-order valence-corrected chi connectivity index (χ4v) is 9.65. The summed E-state index contributed by atoms with van der Waals surface area (Å²) in [6.07, 6.45) is 0. The number of rotatable bonds is 6. The Morgan fingerprint density at radius 2 is 0.897 bits per heavy atom. The molecule has 0 unspecified atom stereocenters. The van der Waals surface area contributed by atoms with Crippen molar-refractivity contribution in [2.75, 3.05) is 4.90 Å². The van der Waals surface area contributed by atoms with Crippen LogP contribution < -0.4 is 4.90 Å². The normalized spacial score (nSPS) is 13.0. The minimum absolute atomic E-state index is 0.514. The molecule has 1 aliphatic rings. The molecule has 12 rings (SSSR count). The molecule has 0 fully saturated rings. The van der Waals surface area contributed by atoms with E-state index in [-0.39, 0.29) is 0 Å². The number of para-hydroxylation sites is 2. The molecule has 0 N–H and O–H groups in total. The van der Waals surface area contributed by atoms with Crippen molar-refractivity contribution >= 4 is 60.9 Å². The van der Waals surface area contributed by atoms with Crippen LogP contribution in [0.4, 0.5) is 17.1 Å². The van der Waals surface area contributed by atoms with Gasteiger partial charge in [0.2, 0.25) is 0 Å². The number of hydrogen-bond donors (Lipinski definition) is 0. The number of nitrogens with zero attached hydrogens (tertiary/aromatic N) is 1. The minimum atomic E-state index is -0.514. The maximum absolute atomic E-state index is 6.33. The Hall–Kier alpha value is -7.62. The lowest BCUT2D eigenvalue weighted by molar-refractivity contribution is 0.668. The van der Waals surface area contributed by atoms with Crippen LogP contribution in [0.2, 0.25) is 0 Å². The Morgan fingerprint density at radius 3 is 1.64 bits per heavy atom. The van der Waals surface area contributed by atoms with Crippen LogP contribution in [-0.4, -0.2) is 0 Å². The van der Waals surface area contributed by atoms with Gasteiger partial charge in [-0.15, -0.1) is 0 Å². The zero-order valence-corrected chi connectivity index (χ0v) is 31.5. The highest BCUT2D eigenvalue weighted by atomic mass is 16.3. The van der Waals surface area contributed by atoms with Gasteiger partial charge in [-0.2, -0.15) is 0 Å². The lowest BCUT2D eigenvalue weighted by Crippen LogP contribution is -2.28.